The quantitative estimate of drug-likeness (QED) is 0.857. The second kappa shape index (κ2) is 6.41. The van der Waals surface area contributed by atoms with Gasteiger partial charge < -0.3 is 5.32 Å². The van der Waals surface area contributed by atoms with Crippen LogP contribution in [0.2, 0.25) is 0 Å². The smallest absolute Gasteiger partial charge is 0.123 e. The first-order chi connectivity index (χ1) is 11.1. The van der Waals surface area contributed by atoms with Gasteiger partial charge in [0.25, 0.3) is 0 Å². The molecule has 1 aliphatic carbocycles. The van der Waals surface area contributed by atoms with Gasteiger partial charge in [0.05, 0.1) is 24.2 Å². The minimum atomic E-state index is -0.255. The Kier molecular flexibility index (Phi) is 4.33. The molecule has 0 saturated heterocycles. The summed E-state index contributed by atoms with van der Waals surface area (Å²) < 4.78 is 13.4. The van der Waals surface area contributed by atoms with E-state index < -0.39 is 0 Å². The minimum absolute atomic E-state index is 0.255. The van der Waals surface area contributed by atoms with Gasteiger partial charge in [-0.25, -0.2) is 4.39 Å². The molecule has 0 amide bonds. The lowest BCUT2D eigenvalue weighted by atomic mass is 10.0. The zero-order valence-electron chi connectivity index (χ0n) is 13.5. The summed E-state index contributed by atoms with van der Waals surface area (Å²) in [5.41, 5.74) is 4.75. The average molecular weight is 311 g/mol. The number of rotatable bonds is 6. The molecule has 1 heterocycles. The summed E-state index contributed by atoms with van der Waals surface area (Å²) >= 11 is 0. The molecule has 0 unspecified atom stereocenters. The lowest BCUT2D eigenvalue weighted by molar-refractivity contribution is 0.412. The van der Waals surface area contributed by atoms with Gasteiger partial charge in [0.15, 0.2) is 0 Å². The number of hydrogen-bond acceptors (Lipinski definition) is 3. The molecule has 1 fully saturated rings. The van der Waals surface area contributed by atoms with Crippen LogP contribution in [0.25, 0.3) is 5.57 Å². The Bertz CT molecular complexity index is 698. The van der Waals surface area contributed by atoms with Gasteiger partial charge in [-0.05, 0) is 42.5 Å². The second-order valence-electron chi connectivity index (χ2n) is 6.03. The van der Waals surface area contributed by atoms with E-state index in [0.717, 1.165) is 29.0 Å². The highest BCUT2D eigenvalue weighted by Gasteiger charge is 2.25. The van der Waals surface area contributed by atoms with Crippen molar-refractivity contribution in [3.8, 4) is 0 Å². The molecule has 120 valence electrons. The fourth-order valence-corrected chi connectivity index (χ4v) is 2.67. The number of nitrogens with one attached hydrogen (secondary N) is 1. The highest BCUT2D eigenvalue weighted by Crippen LogP contribution is 2.28. The maximum absolute atomic E-state index is 13.4. The molecular weight excluding hydrogens is 289 g/mol. The predicted molar refractivity (Wildman–Crippen MR) is 93.2 cm³/mol. The summed E-state index contributed by atoms with van der Waals surface area (Å²) in [5.74, 6) is -0.255. The van der Waals surface area contributed by atoms with Crippen LogP contribution in [-0.4, -0.2) is 23.8 Å². The summed E-state index contributed by atoms with van der Waals surface area (Å²) in [6, 6.07) is 7.06. The van der Waals surface area contributed by atoms with Crippen molar-refractivity contribution in [1.29, 1.82) is 0 Å². The van der Waals surface area contributed by atoms with E-state index in [0.29, 0.717) is 12.6 Å². The van der Waals surface area contributed by atoms with Gasteiger partial charge in [0.2, 0.25) is 0 Å². The standard InChI is InChI=1S/C19H22FN3/c1-4-18-14(3)23(21-11-19(18)22-17-8-9-17)12-13(2)15-6-5-7-16(20)10-15/h5-7,10-11,17,22H,2-4,8-9,12H2,1H3. The van der Waals surface area contributed by atoms with Gasteiger partial charge in [-0.1, -0.05) is 32.2 Å². The van der Waals surface area contributed by atoms with Crippen molar-refractivity contribution in [3.05, 3.63) is 65.8 Å². The Morgan fingerprint density at radius 2 is 2.22 bits per heavy atom. The van der Waals surface area contributed by atoms with Crippen LogP contribution in [-0.2, 0) is 0 Å². The fourth-order valence-electron chi connectivity index (χ4n) is 2.67. The molecule has 4 heteroatoms. The third-order valence-corrected chi connectivity index (χ3v) is 4.18. The average Bonchev–Trinajstić information content (AvgIpc) is 3.34. The molecule has 0 atom stereocenters. The van der Waals surface area contributed by atoms with Crippen LogP contribution in [0, 0.1) is 5.82 Å². The number of halogens is 1. The van der Waals surface area contributed by atoms with Gasteiger partial charge in [-0.2, -0.15) is 5.10 Å². The van der Waals surface area contributed by atoms with Crippen LogP contribution in [0.1, 0.15) is 31.7 Å². The van der Waals surface area contributed by atoms with Crippen LogP contribution >= 0.6 is 0 Å². The van der Waals surface area contributed by atoms with Crippen LogP contribution in [0.4, 0.5) is 4.39 Å². The van der Waals surface area contributed by atoms with E-state index >= 15 is 0 Å². The van der Waals surface area contributed by atoms with E-state index in [1.165, 1.54) is 30.5 Å². The molecule has 2 aliphatic rings. The van der Waals surface area contributed by atoms with Crippen molar-refractivity contribution in [3.63, 3.8) is 0 Å². The van der Waals surface area contributed by atoms with Crippen LogP contribution in [0.5, 0.6) is 0 Å². The molecule has 1 aromatic rings. The zero-order chi connectivity index (χ0) is 16.4. The predicted octanol–water partition coefficient (Wildman–Crippen LogP) is 4.07. The normalized spacial score (nSPS) is 17.7. The molecular formula is C19H22FN3. The summed E-state index contributed by atoms with van der Waals surface area (Å²) in [5, 5.41) is 9.84. The Morgan fingerprint density at radius 3 is 2.87 bits per heavy atom. The van der Waals surface area contributed by atoms with Gasteiger partial charge in [-0.3, -0.25) is 5.01 Å². The molecule has 0 spiro atoms. The third-order valence-electron chi connectivity index (χ3n) is 4.18. The second-order valence-corrected chi connectivity index (χ2v) is 6.03. The molecule has 1 N–H and O–H groups in total. The first-order valence-corrected chi connectivity index (χ1v) is 8.02. The largest absolute Gasteiger partial charge is 0.381 e. The van der Waals surface area contributed by atoms with Crippen LogP contribution < -0.4 is 5.32 Å². The van der Waals surface area contributed by atoms with Crippen LogP contribution in [0.15, 0.2) is 59.5 Å². The minimum Gasteiger partial charge on any atom is -0.381 e. The van der Waals surface area contributed by atoms with Crippen molar-refractivity contribution < 1.29 is 4.39 Å². The zero-order valence-corrected chi connectivity index (χ0v) is 13.5. The lowest BCUT2D eigenvalue weighted by Gasteiger charge is -2.29. The molecule has 0 aromatic heterocycles. The van der Waals surface area contributed by atoms with Gasteiger partial charge in [-0.15, -0.1) is 0 Å². The van der Waals surface area contributed by atoms with E-state index in [-0.39, 0.29) is 5.82 Å². The highest BCUT2D eigenvalue weighted by atomic mass is 19.1. The fraction of sp³-hybridized carbons (Fsp3) is 0.316. The van der Waals surface area contributed by atoms with Crippen molar-refractivity contribution in [2.75, 3.05) is 6.54 Å². The first-order valence-electron chi connectivity index (χ1n) is 8.02. The molecule has 1 aromatic carbocycles. The van der Waals surface area contributed by atoms with E-state index in [4.69, 9.17) is 0 Å². The molecule has 0 radical (unpaired) electrons. The Morgan fingerprint density at radius 1 is 1.43 bits per heavy atom. The van der Waals surface area contributed by atoms with Crippen molar-refractivity contribution in [2.24, 2.45) is 5.10 Å². The Balaban J connectivity index is 1.72. The third kappa shape index (κ3) is 3.52. The number of allylic oxidation sites excluding steroid dienone is 2. The summed E-state index contributed by atoms with van der Waals surface area (Å²) in [6.07, 6.45) is 5.20. The molecule has 0 bridgehead atoms. The number of benzene rings is 1. The summed E-state index contributed by atoms with van der Waals surface area (Å²) in [4.78, 5) is 0. The van der Waals surface area contributed by atoms with E-state index in [2.05, 4.69) is 30.5 Å². The van der Waals surface area contributed by atoms with Crippen molar-refractivity contribution in [1.82, 2.24) is 10.3 Å². The van der Waals surface area contributed by atoms with Gasteiger partial charge >= 0.3 is 0 Å². The van der Waals surface area contributed by atoms with Crippen molar-refractivity contribution >= 4 is 11.8 Å². The molecule has 1 aliphatic heterocycles. The van der Waals surface area contributed by atoms with Gasteiger partial charge in [0, 0.05) is 11.6 Å². The first kappa shape index (κ1) is 15.5. The van der Waals surface area contributed by atoms with E-state index in [1.54, 1.807) is 6.07 Å². The number of nitrogens with zero attached hydrogens (tertiary/aromatic N) is 2. The van der Waals surface area contributed by atoms with Crippen molar-refractivity contribution in [2.45, 2.75) is 32.2 Å². The number of hydrogen-bond donors (Lipinski definition) is 1. The van der Waals surface area contributed by atoms with E-state index in [1.807, 2.05) is 17.3 Å². The maximum atomic E-state index is 13.4. The molecule has 23 heavy (non-hydrogen) atoms. The lowest BCUT2D eigenvalue weighted by Crippen LogP contribution is -2.29. The molecule has 3 nitrogen and oxygen atoms in total. The summed E-state index contributed by atoms with van der Waals surface area (Å²) in [7, 11) is 0. The Hall–Kier alpha value is -2.36. The number of hydrazone groups is 1. The maximum Gasteiger partial charge on any atom is 0.123 e. The van der Waals surface area contributed by atoms with E-state index in [9.17, 15) is 4.39 Å². The topological polar surface area (TPSA) is 27.6 Å². The Labute approximate surface area is 136 Å². The SMILES string of the molecule is C=C(CN1N=CC(NC2CC2)=C(CC)C1=C)c1cccc(F)c1. The summed E-state index contributed by atoms with van der Waals surface area (Å²) in [6.45, 7) is 10.9. The molecule has 1 saturated carbocycles. The molecule has 3 rings (SSSR count). The van der Waals surface area contributed by atoms with Crippen LogP contribution in [0.3, 0.4) is 0 Å². The monoisotopic (exact) mass is 311 g/mol. The van der Waals surface area contributed by atoms with Gasteiger partial charge in [0.1, 0.15) is 5.82 Å². The highest BCUT2D eigenvalue weighted by molar-refractivity contribution is 5.82.